The van der Waals surface area contributed by atoms with E-state index in [1.807, 2.05) is 6.07 Å². The zero-order valence-electron chi connectivity index (χ0n) is 11.9. The average Bonchev–Trinajstić information content (AvgIpc) is 2.95. The number of hydrogen-bond donors (Lipinski definition) is 1. The van der Waals surface area contributed by atoms with Gasteiger partial charge in [0.15, 0.2) is 5.69 Å². The molecule has 0 fully saturated rings. The summed E-state index contributed by atoms with van der Waals surface area (Å²) in [7, 11) is -3.67. The van der Waals surface area contributed by atoms with E-state index in [4.69, 9.17) is 0 Å². The van der Waals surface area contributed by atoms with E-state index in [1.165, 1.54) is 6.08 Å². The smallest absolute Gasteiger partial charge is 0.271 e. The van der Waals surface area contributed by atoms with Crippen molar-refractivity contribution in [3.8, 4) is 0 Å². The molecule has 9 heteroatoms. The molecular weight excluding hydrogens is 331 g/mol. The minimum Gasteiger partial charge on any atom is -0.271 e. The molecule has 1 aromatic heterocycles. The molecule has 0 saturated carbocycles. The fraction of sp³-hybridized carbons (Fsp3) is 0.214. The largest absolute Gasteiger partial charge is 0.435 e. The maximum Gasteiger partial charge on any atom is 0.435 e. The molecule has 1 heterocycles. The second-order valence-corrected chi connectivity index (χ2v) is 6.27. The van der Waals surface area contributed by atoms with Crippen LogP contribution in [0.25, 0.3) is 6.08 Å². The second kappa shape index (κ2) is 6.97. The third kappa shape index (κ3) is 5.53. The molecule has 2 aromatic rings. The fourth-order valence-corrected chi connectivity index (χ4v) is 2.53. The van der Waals surface area contributed by atoms with Crippen molar-refractivity contribution >= 4 is 16.1 Å². The van der Waals surface area contributed by atoms with Gasteiger partial charge in [-0.3, -0.25) is 4.68 Å². The van der Waals surface area contributed by atoms with Gasteiger partial charge in [-0.2, -0.15) is 18.3 Å². The highest BCUT2D eigenvalue weighted by Gasteiger charge is 2.33. The van der Waals surface area contributed by atoms with Gasteiger partial charge in [-0.25, -0.2) is 13.1 Å². The molecule has 0 aliphatic carbocycles. The lowest BCUT2D eigenvalue weighted by molar-refractivity contribution is -0.141. The number of aromatic nitrogens is 2. The van der Waals surface area contributed by atoms with Gasteiger partial charge in [-0.1, -0.05) is 30.3 Å². The lowest BCUT2D eigenvalue weighted by Gasteiger charge is -2.04. The van der Waals surface area contributed by atoms with E-state index in [-0.39, 0.29) is 13.1 Å². The second-order valence-electron chi connectivity index (χ2n) is 4.61. The first-order valence-electron chi connectivity index (χ1n) is 6.60. The Morgan fingerprint density at radius 3 is 2.48 bits per heavy atom. The highest BCUT2D eigenvalue weighted by atomic mass is 32.2. The van der Waals surface area contributed by atoms with E-state index in [0.717, 1.165) is 27.9 Å². The number of halogens is 3. The quantitative estimate of drug-likeness (QED) is 0.875. The lowest BCUT2D eigenvalue weighted by Crippen LogP contribution is -2.25. The topological polar surface area (TPSA) is 64.0 Å². The van der Waals surface area contributed by atoms with Crippen LogP contribution in [0.15, 0.2) is 48.0 Å². The van der Waals surface area contributed by atoms with E-state index in [1.54, 1.807) is 24.3 Å². The molecule has 1 aromatic carbocycles. The summed E-state index contributed by atoms with van der Waals surface area (Å²) in [6.07, 6.45) is -1.93. The summed E-state index contributed by atoms with van der Waals surface area (Å²) in [5.41, 5.74) is -0.288. The Bertz CT molecular complexity index is 768. The first-order valence-corrected chi connectivity index (χ1v) is 8.14. The molecule has 5 nitrogen and oxygen atoms in total. The molecule has 0 aliphatic rings. The minimum absolute atomic E-state index is 0.00547. The van der Waals surface area contributed by atoms with Crippen molar-refractivity contribution in [2.75, 3.05) is 6.54 Å². The van der Waals surface area contributed by atoms with Gasteiger partial charge < -0.3 is 0 Å². The molecule has 1 N–H and O–H groups in total. The van der Waals surface area contributed by atoms with Crippen molar-refractivity contribution in [2.24, 2.45) is 0 Å². The van der Waals surface area contributed by atoms with E-state index < -0.39 is 21.9 Å². The van der Waals surface area contributed by atoms with E-state index in [0.29, 0.717) is 0 Å². The molecule has 0 radical (unpaired) electrons. The molecule has 0 atom stereocenters. The number of hydrogen-bond acceptors (Lipinski definition) is 3. The van der Waals surface area contributed by atoms with Crippen LogP contribution in [0.5, 0.6) is 0 Å². The molecule has 124 valence electrons. The van der Waals surface area contributed by atoms with Gasteiger partial charge in [0, 0.05) is 18.1 Å². The summed E-state index contributed by atoms with van der Waals surface area (Å²) in [4.78, 5) is 0. The van der Waals surface area contributed by atoms with Gasteiger partial charge in [0.05, 0.1) is 6.54 Å². The van der Waals surface area contributed by atoms with Crippen LogP contribution in [-0.4, -0.2) is 24.7 Å². The van der Waals surface area contributed by atoms with Crippen molar-refractivity contribution < 1.29 is 21.6 Å². The minimum atomic E-state index is -4.51. The number of nitrogens with one attached hydrogen (secondary N) is 1. The van der Waals surface area contributed by atoms with Crippen LogP contribution in [0.3, 0.4) is 0 Å². The predicted molar refractivity (Wildman–Crippen MR) is 79.6 cm³/mol. The maximum atomic E-state index is 12.4. The average molecular weight is 345 g/mol. The third-order valence-electron chi connectivity index (χ3n) is 2.81. The van der Waals surface area contributed by atoms with Crippen LogP contribution in [0, 0.1) is 0 Å². The van der Waals surface area contributed by atoms with Crippen LogP contribution in [0.1, 0.15) is 11.3 Å². The van der Waals surface area contributed by atoms with E-state index in [2.05, 4.69) is 9.82 Å². The Kier molecular flexibility index (Phi) is 5.22. The predicted octanol–water partition coefficient (Wildman–Crippen LogP) is 2.49. The van der Waals surface area contributed by atoms with Crippen molar-refractivity contribution in [3.63, 3.8) is 0 Å². The van der Waals surface area contributed by atoms with Crippen LogP contribution in [0.4, 0.5) is 13.2 Å². The highest BCUT2D eigenvalue weighted by molar-refractivity contribution is 7.92. The Morgan fingerprint density at radius 1 is 1.17 bits per heavy atom. The molecule has 0 spiro atoms. The molecule has 0 aliphatic heterocycles. The molecule has 0 saturated heterocycles. The van der Waals surface area contributed by atoms with Crippen molar-refractivity contribution in [1.29, 1.82) is 0 Å². The van der Waals surface area contributed by atoms with Gasteiger partial charge in [0.1, 0.15) is 0 Å². The normalized spacial score (nSPS) is 12.8. The number of rotatable bonds is 6. The van der Waals surface area contributed by atoms with E-state index >= 15 is 0 Å². The van der Waals surface area contributed by atoms with Gasteiger partial charge in [-0.05, 0) is 17.7 Å². The van der Waals surface area contributed by atoms with E-state index in [9.17, 15) is 21.6 Å². The third-order valence-corrected chi connectivity index (χ3v) is 3.92. The maximum absolute atomic E-state index is 12.4. The molecule has 0 unspecified atom stereocenters. The van der Waals surface area contributed by atoms with Crippen LogP contribution < -0.4 is 4.72 Å². The Hall–Kier alpha value is -2.13. The Morgan fingerprint density at radius 2 is 1.87 bits per heavy atom. The molecular formula is C14H14F3N3O2S. The van der Waals surface area contributed by atoms with Crippen LogP contribution in [-0.2, 0) is 22.7 Å². The zero-order chi connectivity index (χ0) is 16.9. The first kappa shape index (κ1) is 17.2. The monoisotopic (exact) mass is 345 g/mol. The summed E-state index contributed by atoms with van der Waals surface area (Å²) in [5.74, 6) is 0. The number of alkyl halides is 3. The summed E-state index contributed by atoms with van der Waals surface area (Å²) in [6.45, 7) is -0.0745. The van der Waals surface area contributed by atoms with Crippen LogP contribution >= 0.6 is 0 Å². The van der Waals surface area contributed by atoms with Gasteiger partial charge in [-0.15, -0.1) is 0 Å². The van der Waals surface area contributed by atoms with Crippen LogP contribution in [0.2, 0.25) is 0 Å². The van der Waals surface area contributed by atoms with Crippen molar-refractivity contribution in [1.82, 2.24) is 14.5 Å². The summed E-state index contributed by atoms with van der Waals surface area (Å²) < 4.78 is 63.9. The molecule has 23 heavy (non-hydrogen) atoms. The molecule has 2 rings (SSSR count). The van der Waals surface area contributed by atoms with Crippen molar-refractivity contribution in [3.05, 3.63) is 59.3 Å². The zero-order valence-corrected chi connectivity index (χ0v) is 12.7. The SMILES string of the molecule is O=S(=O)(/C=C/c1ccccc1)NCCn1ccc(C(F)(F)F)n1. The Balaban J connectivity index is 1.88. The van der Waals surface area contributed by atoms with Crippen molar-refractivity contribution in [2.45, 2.75) is 12.7 Å². The number of sulfonamides is 1. The fourth-order valence-electron chi connectivity index (χ4n) is 1.72. The summed E-state index contributed by atoms with van der Waals surface area (Å²) >= 11 is 0. The lowest BCUT2D eigenvalue weighted by atomic mass is 10.2. The summed E-state index contributed by atoms with van der Waals surface area (Å²) in [5, 5.41) is 4.34. The number of nitrogens with zero attached hydrogens (tertiary/aromatic N) is 2. The highest BCUT2D eigenvalue weighted by Crippen LogP contribution is 2.27. The standard InChI is InChI=1S/C14H14F3N3O2S/c15-14(16,17)13-6-9-20(19-13)10-8-18-23(21,22)11-7-12-4-2-1-3-5-12/h1-7,9,11,18H,8,10H2/b11-7+. The molecule has 0 bridgehead atoms. The number of benzene rings is 1. The Labute approximate surface area is 131 Å². The van der Waals surface area contributed by atoms with Gasteiger partial charge >= 0.3 is 6.18 Å². The molecule has 0 amide bonds. The van der Waals surface area contributed by atoms with Gasteiger partial charge in [0.2, 0.25) is 10.0 Å². The summed E-state index contributed by atoms with van der Waals surface area (Å²) in [6, 6.07) is 9.68. The van der Waals surface area contributed by atoms with Gasteiger partial charge in [0.25, 0.3) is 0 Å². The first-order chi connectivity index (χ1) is 10.8.